The van der Waals surface area contributed by atoms with Gasteiger partial charge in [0.2, 0.25) is 0 Å². The minimum atomic E-state index is -0.429. The van der Waals surface area contributed by atoms with Crippen LogP contribution in [0.2, 0.25) is 0 Å². The first-order valence-electron chi connectivity index (χ1n) is 10.5. The first-order chi connectivity index (χ1) is 15.9. The molecule has 1 aliphatic heterocycles. The number of rotatable bonds is 8. The number of ether oxygens (including phenoxy) is 4. The molecule has 0 unspecified atom stereocenters. The third-order valence-electron chi connectivity index (χ3n) is 5.65. The summed E-state index contributed by atoms with van der Waals surface area (Å²) < 4.78 is 21.8. The van der Waals surface area contributed by atoms with Crippen LogP contribution in [0, 0.1) is 17.0 Å². The Morgan fingerprint density at radius 1 is 1.00 bits per heavy atom. The molecule has 2 aromatic carbocycles. The molecule has 0 bridgehead atoms. The van der Waals surface area contributed by atoms with Crippen molar-refractivity contribution in [3.8, 4) is 17.2 Å². The van der Waals surface area contributed by atoms with Crippen molar-refractivity contribution in [2.24, 2.45) is 0 Å². The summed E-state index contributed by atoms with van der Waals surface area (Å²) in [6, 6.07) is 8.35. The Morgan fingerprint density at radius 3 is 2.15 bits per heavy atom. The molecule has 1 heterocycles. The van der Waals surface area contributed by atoms with Gasteiger partial charge in [0.15, 0.2) is 0 Å². The number of nitrogens with zero attached hydrogens (tertiary/aromatic N) is 3. The van der Waals surface area contributed by atoms with Gasteiger partial charge in [-0.25, -0.2) is 4.79 Å². The molecule has 0 saturated carbocycles. The van der Waals surface area contributed by atoms with Gasteiger partial charge in [0, 0.05) is 56.5 Å². The van der Waals surface area contributed by atoms with Crippen molar-refractivity contribution < 1.29 is 28.7 Å². The molecule has 0 radical (unpaired) electrons. The fraction of sp³-hybridized carbons (Fsp3) is 0.435. The van der Waals surface area contributed by atoms with E-state index < -0.39 is 11.0 Å². The van der Waals surface area contributed by atoms with E-state index in [0.29, 0.717) is 61.1 Å². The minimum absolute atomic E-state index is 0.0475. The number of piperazine rings is 1. The molecule has 0 N–H and O–H groups in total. The van der Waals surface area contributed by atoms with Gasteiger partial charge >= 0.3 is 6.09 Å². The molecule has 33 heavy (non-hydrogen) atoms. The van der Waals surface area contributed by atoms with Crippen LogP contribution in [-0.4, -0.2) is 68.3 Å². The third-order valence-corrected chi connectivity index (χ3v) is 5.65. The number of nitro groups is 1. The highest BCUT2D eigenvalue weighted by atomic mass is 16.6. The summed E-state index contributed by atoms with van der Waals surface area (Å²) in [7, 11) is 4.81. The maximum Gasteiger partial charge on any atom is 0.410 e. The van der Waals surface area contributed by atoms with Gasteiger partial charge in [-0.2, -0.15) is 0 Å². The standard InChI is InChI=1S/C23H29N3O7/c1-16-11-17(5-6-20(16)26(28)29)15-33-23(27)25-9-7-24(8-10-25)14-19-21(31-3)12-18(30-2)13-22(19)32-4/h5-6,11-13H,7-10,14-15H2,1-4H3. The molecule has 178 valence electrons. The number of benzene rings is 2. The highest BCUT2D eigenvalue weighted by Crippen LogP contribution is 2.35. The summed E-state index contributed by atoms with van der Waals surface area (Å²) in [5.74, 6) is 2.03. The lowest BCUT2D eigenvalue weighted by Crippen LogP contribution is -2.48. The van der Waals surface area contributed by atoms with Crippen molar-refractivity contribution in [2.45, 2.75) is 20.1 Å². The highest BCUT2D eigenvalue weighted by molar-refractivity contribution is 5.67. The number of hydrogen-bond acceptors (Lipinski definition) is 8. The quantitative estimate of drug-likeness (QED) is 0.437. The van der Waals surface area contributed by atoms with Crippen molar-refractivity contribution in [1.82, 2.24) is 9.80 Å². The monoisotopic (exact) mass is 459 g/mol. The van der Waals surface area contributed by atoms with Gasteiger partial charge in [0.1, 0.15) is 23.9 Å². The van der Waals surface area contributed by atoms with Crippen LogP contribution in [0.25, 0.3) is 0 Å². The van der Waals surface area contributed by atoms with E-state index in [1.54, 1.807) is 45.3 Å². The van der Waals surface area contributed by atoms with E-state index >= 15 is 0 Å². The number of nitro benzene ring substituents is 1. The normalized spacial score (nSPS) is 14.0. The summed E-state index contributed by atoms with van der Waals surface area (Å²) in [6.45, 7) is 4.74. The van der Waals surface area contributed by atoms with Crippen LogP contribution in [0.15, 0.2) is 30.3 Å². The van der Waals surface area contributed by atoms with Gasteiger partial charge in [0.05, 0.1) is 31.8 Å². The third kappa shape index (κ3) is 5.83. The van der Waals surface area contributed by atoms with E-state index in [1.807, 2.05) is 12.1 Å². The summed E-state index contributed by atoms with van der Waals surface area (Å²) >= 11 is 0. The van der Waals surface area contributed by atoms with Crippen LogP contribution >= 0.6 is 0 Å². The molecule has 1 fully saturated rings. The zero-order chi connectivity index (χ0) is 24.0. The topological polar surface area (TPSA) is 104 Å². The number of hydrogen-bond donors (Lipinski definition) is 0. The predicted octanol–water partition coefficient (Wildman–Crippen LogP) is 3.38. The van der Waals surface area contributed by atoms with Gasteiger partial charge in [-0.1, -0.05) is 0 Å². The van der Waals surface area contributed by atoms with Crippen LogP contribution in [-0.2, 0) is 17.9 Å². The number of amides is 1. The average Bonchev–Trinajstić information content (AvgIpc) is 2.82. The van der Waals surface area contributed by atoms with E-state index in [4.69, 9.17) is 18.9 Å². The number of carbonyl (C=O) groups is 1. The molecule has 3 rings (SSSR count). The summed E-state index contributed by atoms with van der Waals surface area (Å²) in [5, 5.41) is 10.9. The van der Waals surface area contributed by atoms with Crippen molar-refractivity contribution >= 4 is 11.8 Å². The molecule has 0 aliphatic carbocycles. The lowest BCUT2D eigenvalue weighted by molar-refractivity contribution is -0.385. The van der Waals surface area contributed by atoms with Crippen LogP contribution in [0.3, 0.4) is 0 Å². The molecule has 10 nitrogen and oxygen atoms in total. The van der Waals surface area contributed by atoms with E-state index in [2.05, 4.69) is 4.90 Å². The second-order valence-corrected chi connectivity index (χ2v) is 7.71. The average molecular weight is 459 g/mol. The van der Waals surface area contributed by atoms with Gasteiger partial charge in [-0.3, -0.25) is 15.0 Å². The van der Waals surface area contributed by atoms with Crippen molar-refractivity contribution in [2.75, 3.05) is 47.5 Å². The summed E-state index contributed by atoms with van der Waals surface area (Å²) in [5.41, 5.74) is 2.21. The molecule has 2 aromatic rings. The molecule has 0 atom stereocenters. The maximum absolute atomic E-state index is 12.5. The molecule has 0 aromatic heterocycles. The smallest absolute Gasteiger partial charge is 0.410 e. The first-order valence-corrected chi connectivity index (χ1v) is 10.5. The lowest BCUT2D eigenvalue weighted by atomic mass is 10.1. The van der Waals surface area contributed by atoms with Gasteiger partial charge in [-0.15, -0.1) is 0 Å². The lowest BCUT2D eigenvalue weighted by Gasteiger charge is -2.34. The molecular weight excluding hydrogens is 430 g/mol. The SMILES string of the molecule is COc1cc(OC)c(CN2CCN(C(=O)OCc3ccc([N+](=O)[O-])c(C)c3)CC2)c(OC)c1. The molecule has 1 saturated heterocycles. The second-order valence-electron chi connectivity index (χ2n) is 7.71. The summed E-state index contributed by atoms with van der Waals surface area (Å²) in [6.07, 6.45) is -0.398. The van der Waals surface area contributed by atoms with Gasteiger partial charge in [-0.05, 0) is 24.6 Å². The Hall–Kier alpha value is -3.53. The Morgan fingerprint density at radius 2 is 1.64 bits per heavy atom. The molecule has 1 amide bonds. The predicted molar refractivity (Wildman–Crippen MR) is 121 cm³/mol. The molecule has 1 aliphatic rings. The second kappa shape index (κ2) is 10.9. The van der Waals surface area contributed by atoms with Crippen molar-refractivity contribution in [1.29, 1.82) is 0 Å². The Balaban J connectivity index is 1.54. The summed E-state index contributed by atoms with van der Waals surface area (Å²) in [4.78, 5) is 26.9. The molecular formula is C23H29N3O7. The van der Waals surface area contributed by atoms with Gasteiger partial charge < -0.3 is 23.8 Å². The van der Waals surface area contributed by atoms with Gasteiger partial charge in [0.25, 0.3) is 5.69 Å². The van der Waals surface area contributed by atoms with Crippen molar-refractivity contribution in [3.63, 3.8) is 0 Å². The Labute approximate surface area is 192 Å². The van der Waals surface area contributed by atoms with Crippen LogP contribution in [0.1, 0.15) is 16.7 Å². The minimum Gasteiger partial charge on any atom is -0.496 e. The van der Waals surface area contributed by atoms with Crippen molar-refractivity contribution in [3.05, 3.63) is 57.1 Å². The van der Waals surface area contributed by atoms with E-state index in [-0.39, 0.29) is 12.3 Å². The zero-order valence-corrected chi connectivity index (χ0v) is 19.3. The number of carbonyl (C=O) groups excluding carboxylic acids is 1. The fourth-order valence-electron chi connectivity index (χ4n) is 3.79. The largest absolute Gasteiger partial charge is 0.496 e. The first kappa shape index (κ1) is 24.1. The zero-order valence-electron chi connectivity index (χ0n) is 19.3. The highest BCUT2D eigenvalue weighted by Gasteiger charge is 2.24. The fourth-order valence-corrected chi connectivity index (χ4v) is 3.79. The number of methoxy groups -OCH3 is 3. The van der Waals surface area contributed by atoms with Crippen LogP contribution in [0.5, 0.6) is 17.2 Å². The Kier molecular flexibility index (Phi) is 7.94. The number of aryl methyl sites for hydroxylation is 1. The van der Waals surface area contributed by atoms with Crippen LogP contribution in [0.4, 0.5) is 10.5 Å². The van der Waals surface area contributed by atoms with E-state index in [9.17, 15) is 14.9 Å². The molecule has 0 spiro atoms. The maximum atomic E-state index is 12.5. The van der Waals surface area contributed by atoms with Crippen LogP contribution < -0.4 is 14.2 Å². The van der Waals surface area contributed by atoms with E-state index in [0.717, 1.165) is 5.56 Å². The Bertz CT molecular complexity index is 979. The van der Waals surface area contributed by atoms with E-state index in [1.165, 1.54) is 6.07 Å². The molecule has 10 heteroatoms.